The molecule has 1 rings (SSSR count). The molecule has 1 fully saturated rings. The SMILES string of the molecule is O=C1CN(CCF)C(=O)CN1. The first-order valence-electron chi connectivity index (χ1n) is 3.34. The van der Waals surface area contributed by atoms with Crippen molar-refractivity contribution < 1.29 is 14.0 Å². The molecule has 1 heterocycles. The Kier molecular flexibility index (Phi) is 2.40. The van der Waals surface area contributed by atoms with E-state index in [1.54, 1.807) is 0 Å². The van der Waals surface area contributed by atoms with E-state index >= 15 is 0 Å². The van der Waals surface area contributed by atoms with Crippen LogP contribution in [0.3, 0.4) is 0 Å². The average molecular weight is 160 g/mol. The van der Waals surface area contributed by atoms with Gasteiger partial charge in [-0.15, -0.1) is 0 Å². The lowest BCUT2D eigenvalue weighted by Crippen LogP contribution is -2.52. The molecule has 1 aliphatic heterocycles. The van der Waals surface area contributed by atoms with E-state index in [9.17, 15) is 14.0 Å². The molecule has 1 N–H and O–H groups in total. The minimum absolute atomic E-state index is 0.00116. The van der Waals surface area contributed by atoms with Crippen molar-refractivity contribution in [2.75, 3.05) is 26.3 Å². The molecule has 0 unspecified atom stereocenters. The summed E-state index contributed by atoms with van der Waals surface area (Å²) in [5.41, 5.74) is 0. The molecule has 1 aliphatic rings. The number of alkyl halides is 1. The van der Waals surface area contributed by atoms with E-state index in [0.29, 0.717) is 0 Å². The molecule has 0 radical (unpaired) electrons. The molecule has 11 heavy (non-hydrogen) atoms. The summed E-state index contributed by atoms with van der Waals surface area (Å²) in [7, 11) is 0. The first kappa shape index (κ1) is 7.97. The summed E-state index contributed by atoms with van der Waals surface area (Å²) in [5.74, 6) is -0.444. The predicted molar refractivity (Wildman–Crippen MR) is 35.6 cm³/mol. The van der Waals surface area contributed by atoms with Gasteiger partial charge in [-0.3, -0.25) is 9.59 Å². The molecule has 0 aromatic heterocycles. The first-order chi connectivity index (χ1) is 5.24. The lowest BCUT2D eigenvalue weighted by Gasteiger charge is -2.25. The summed E-state index contributed by atoms with van der Waals surface area (Å²) in [6.45, 7) is -0.590. The van der Waals surface area contributed by atoms with Gasteiger partial charge in [0.2, 0.25) is 11.8 Å². The van der Waals surface area contributed by atoms with Gasteiger partial charge in [-0.25, -0.2) is 4.39 Å². The van der Waals surface area contributed by atoms with Gasteiger partial charge in [0.15, 0.2) is 0 Å². The zero-order valence-electron chi connectivity index (χ0n) is 5.97. The fourth-order valence-corrected chi connectivity index (χ4v) is 0.909. The van der Waals surface area contributed by atoms with Crippen molar-refractivity contribution in [2.45, 2.75) is 0 Å². The quantitative estimate of drug-likeness (QED) is 0.558. The van der Waals surface area contributed by atoms with Crippen molar-refractivity contribution in [3.8, 4) is 0 Å². The van der Waals surface area contributed by atoms with Crippen LogP contribution in [0.2, 0.25) is 0 Å². The van der Waals surface area contributed by atoms with Crippen LogP contribution < -0.4 is 5.32 Å². The third-order valence-corrected chi connectivity index (χ3v) is 1.48. The Morgan fingerprint density at radius 2 is 2.27 bits per heavy atom. The van der Waals surface area contributed by atoms with Gasteiger partial charge in [0.25, 0.3) is 0 Å². The molecule has 0 atom stereocenters. The van der Waals surface area contributed by atoms with Gasteiger partial charge < -0.3 is 10.2 Å². The molecule has 5 heteroatoms. The zero-order valence-corrected chi connectivity index (χ0v) is 5.97. The van der Waals surface area contributed by atoms with Crippen molar-refractivity contribution in [3.05, 3.63) is 0 Å². The standard InChI is InChI=1S/C6H9FN2O2/c7-1-2-9-4-5(10)8-3-6(9)11/h1-4H2,(H,8,10). The van der Waals surface area contributed by atoms with E-state index in [0.717, 1.165) is 0 Å². The average Bonchev–Trinajstić information content (AvgIpc) is 1.98. The van der Waals surface area contributed by atoms with Gasteiger partial charge in [0.05, 0.1) is 13.1 Å². The van der Waals surface area contributed by atoms with Crippen LogP contribution >= 0.6 is 0 Å². The maximum Gasteiger partial charge on any atom is 0.242 e. The highest BCUT2D eigenvalue weighted by Gasteiger charge is 2.21. The molecular weight excluding hydrogens is 151 g/mol. The van der Waals surface area contributed by atoms with E-state index in [1.165, 1.54) is 4.90 Å². The summed E-state index contributed by atoms with van der Waals surface area (Å²) in [4.78, 5) is 22.7. The summed E-state index contributed by atoms with van der Waals surface area (Å²) in [6, 6.07) is 0. The Morgan fingerprint density at radius 3 is 2.91 bits per heavy atom. The van der Waals surface area contributed by atoms with Crippen LogP contribution in [0.15, 0.2) is 0 Å². The van der Waals surface area contributed by atoms with Crippen LogP contribution in [0.25, 0.3) is 0 Å². The fourth-order valence-electron chi connectivity index (χ4n) is 0.909. The molecule has 0 bridgehead atoms. The third-order valence-electron chi connectivity index (χ3n) is 1.48. The Bertz CT molecular complexity index is 183. The van der Waals surface area contributed by atoms with Crippen LogP contribution in [-0.4, -0.2) is 43.0 Å². The highest BCUT2D eigenvalue weighted by Crippen LogP contribution is 1.94. The van der Waals surface area contributed by atoms with Gasteiger partial charge in [-0.2, -0.15) is 0 Å². The predicted octanol–water partition coefficient (Wildman–Crippen LogP) is -1.09. The minimum Gasteiger partial charge on any atom is -0.345 e. The van der Waals surface area contributed by atoms with Gasteiger partial charge in [-0.1, -0.05) is 0 Å². The molecule has 0 aromatic rings. The topological polar surface area (TPSA) is 49.4 Å². The normalized spacial score (nSPS) is 18.5. The van der Waals surface area contributed by atoms with E-state index in [2.05, 4.69) is 5.32 Å². The molecule has 0 saturated carbocycles. The number of hydrogen-bond donors (Lipinski definition) is 1. The number of hydrogen-bond acceptors (Lipinski definition) is 2. The number of nitrogens with one attached hydrogen (secondary N) is 1. The van der Waals surface area contributed by atoms with Gasteiger partial charge >= 0.3 is 0 Å². The van der Waals surface area contributed by atoms with E-state index in [1.807, 2.05) is 0 Å². The number of amides is 2. The van der Waals surface area contributed by atoms with Crippen LogP contribution in [-0.2, 0) is 9.59 Å². The number of carbonyl (C=O) groups is 2. The molecule has 4 nitrogen and oxygen atoms in total. The highest BCUT2D eigenvalue weighted by molar-refractivity contribution is 5.92. The zero-order chi connectivity index (χ0) is 8.27. The summed E-state index contributed by atoms with van der Waals surface area (Å²) in [5, 5.41) is 2.37. The molecule has 2 amide bonds. The van der Waals surface area contributed by atoms with E-state index < -0.39 is 6.67 Å². The second-order valence-electron chi connectivity index (χ2n) is 2.28. The van der Waals surface area contributed by atoms with Crippen molar-refractivity contribution in [1.82, 2.24) is 10.2 Å². The number of carbonyl (C=O) groups excluding carboxylic acids is 2. The van der Waals surface area contributed by atoms with Gasteiger partial charge in [0.1, 0.15) is 6.67 Å². The number of halogens is 1. The minimum atomic E-state index is -0.598. The summed E-state index contributed by atoms with van der Waals surface area (Å²) >= 11 is 0. The molecule has 0 aliphatic carbocycles. The molecule has 62 valence electrons. The second kappa shape index (κ2) is 3.32. The Hall–Kier alpha value is -1.13. The lowest BCUT2D eigenvalue weighted by atomic mass is 10.3. The summed E-state index contributed by atoms with van der Waals surface area (Å²) < 4.78 is 11.8. The van der Waals surface area contributed by atoms with Crippen LogP contribution in [0.5, 0.6) is 0 Å². The molecule has 1 saturated heterocycles. The maximum atomic E-state index is 11.8. The van der Waals surface area contributed by atoms with Crippen molar-refractivity contribution in [3.63, 3.8) is 0 Å². The largest absolute Gasteiger partial charge is 0.345 e. The van der Waals surface area contributed by atoms with Crippen LogP contribution in [0.4, 0.5) is 4.39 Å². The smallest absolute Gasteiger partial charge is 0.242 e. The fraction of sp³-hybridized carbons (Fsp3) is 0.667. The second-order valence-corrected chi connectivity index (χ2v) is 2.28. The van der Waals surface area contributed by atoms with Gasteiger partial charge in [-0.05, 0) is 0 Å². The molecular formula is C6H9FN2O2. The van der Waals surface area contributed by atoms with Crippen molar-refractivity contribution in [1.29, 1.82) is 0 Å². The lowest BCUT2D eigenvalue weighted by molar-refractivity contribution is -0.140. The molecule has 0 aromatic carbocycles. The van der Waals surface area contributed by atoms with E-state index in [4.69, 9.17) is 0 Å². The van der Waals surface area contributed by atoms with Gasteiger partial charge in [0, 0.05) is 6.54 Å². The number of rotatable bonds is 2. The highest BCUT2D eigenvalue weighted by atomic mass is 19.1. The maximum absolute atomic E-state index is 11.8. The van der Waals surface area contributed by atoms with E-state index in [-0.39, 0.29) is 31.4 Å². The van der Waals surface area contributed by atoms with Crippen LogP contribution in [0.1, 0.15) is 0 Å². The molecule has 0 spiro atoms. The number of nitrogens with zero attached hydrogens (tertiary/aromatic N) is 1. The van der Waals surface area contributed by atoms with Crippen molar-refractivity contribution in [2.24, 2.45) is 0 Å². The Morgan fingerprint density at radius 1 is 1.55 bits per heavy atom. The Labute approximate surface area is 63.4 Å². The first-order valence-corrected chi connectivity index (χ1v) is 3.34. The number of piperazine rings is 1. The Balaban J connectivity index is 2.47. The van der Waals surface area contributed by atoms with Crippen LogP contribution in [0, 0.1) is 0 Å². The third kappa shape index (κ3) is 1.89. The monoisotopic (exact) mass is 160 g/mol. The van der Waals surface area contributed by atoms with Crippen molar-refractivity contribution >= 4 is 11.8 Å². The summed E-state index contributed by atoms with van der Waals surface area (Å²) in [6.07, 6.45) is 0.